The number of aliphatic hydroxyl groups is 1. The molecule has 5 rings (SSSR count). The Morgan fingerprint density at radius 1 is 0.870 bits per heavy atom. The summed E-state index contributed by atoms with van der Waals surface area (Å²) in [5.74, 6) is 1.49. The first kappa shape index (κ1) is 37.3. The summed E-state index contributed by atoms with van der Waals surface area (Å²) in [4.78, 5) is 21.4. The molecule has 2 aromatic heterocycles. The molecule has 1 radical (unpaired) electrons. The molecule has 46 heavy (non-hydrogen) atoms. The molecule has 0 saturated heterocycles. The van der Waals surface area contributed by atoms with E-state index in [1.165, 1.54) is 39.3 Å². The number of nitrogens with zero attached hydrogens (tertiary/aromatic N) is 2. The summed E-state index contributed by atoms with van der Waals surface area (Å²) in [6.45, 7) is 17.0. The third-order valence-electron chi connectivity index (χ3n) is 9.38. The quantitative estimate of drug-likeness (QED) is 0.0986. The topological polar surface area (TPSA) is 63.1 Å². The summed E-state index contributed by atoms with van der Waals surface area (Å²) < 4.78 is 0. The minimum atomic E-state index is 0. The number of aromatic nitrogens is 2. The SMILES string of the molecule is CC(C)c1cnc2c(c1)CCc1c-2ccnc1-c1[c-]c2ccccc2c(C(C)C)c1.CCC(CC)C(=O)/C=C(\O)C(CC)CC.[Ir]. The van der Waals surface area contributed by atoms with Crippen LogP contribution in [0.4, 0.5) is 0 Å². The predicted octanol–water partition coefficient (Wildman–Crippen LogP) is 11.0. The van der Waals surface area contributed by atoms with Crippen molar-refractivity contribution in [3.63, 3.8) is 0 Å². The molecule has 5 heteroatoms. The molecule has 2 aromatic carbocycles. The molecule has 4 nitrogen and oxygen atoms in total. The van der Waals surface area contributed by atoms with Crippen LogP contribution in [0.15, 0.2) is 66.7 Å². The molecule has 0 atom stereocenters. The minimum absolute atomic E-state index is 0. The van der Waals surface area contributed by atoms with Gasteiger partial charge in [0.2, 0.25) is 0 Å². The van der Waals surface area contributed by atoms with Crippen molar-refractivity contribution in [3.8, 4) is 22.5 Å². The molecule has 247 valence electrons. The fourth-order valence-corrected chi connectivity index (χ4v) is 6.38. The number of rotatable bonds is 10. The zero-order valence-corrected chi connectivity index (χ0v) is 31.3. The number of aryl methyl sites for hydroxylation is 1. The van der Waals surface area contributed by atoms with Gasteiger partial charge in [0.25, 0.3) is 0 Å². The number of allylic oxidation sites excluding steroid dienone is 2. The number of fused-ring (bicyclic) bond motifs is 4. The molecule has 0 bridgehead atoms. The van der Waals surface area contributed by atoms with Crippen LogP contribution in [0.3, 0.4) is 0 Å². The smallest absolute Gasteiger partial charge is 0.162 e. The maximum atomic E-state index is 11.7. The zero-order chi connectivity index (χ0) is 32.7. The molecule has 4 aromatic rings. The number of hydrogen-bond acceptors (Lipinski definition) is 4. The first-order valence-corrected chi connectivity index (χ1v) is 17.0. The summed E-state index contributed by atoms with van der Waals surface area (Å²) in [7, 11) is 0. The number of benzene rings is 2. The second-order valence-corrected chi connectivity index (χ2v) is 13.0. The number of pyridine rings is 2. The van der Waals surface area contributed by atoms with E-state index in [1.54, 1.807) is 0 Å². The normalized spacial score (nSPS) is 12.6. The van der Waals surface area contributed by atoms with Gasteiger partial charge in [0.1, 0.15) is 0 Å². The van der Waals surface area contributed by atoms with E-state index in [0.29, 0.717) is 11.8 Å². The van der Waals surface area contributed by atoms with Gasteiger partial charge < -0.3 is 5.11 Å². The van der Waals surface area contributed by atoms with E-state index < -0.39 is 0 Å². The van der Waals surface area contributed by atoms with Gasteiger partial charge in [0.15, 0.2) is 5.78 Å². The first-order chi connectivity index (χ1) is 21.6. The van der Waals surface area contributed by atoms with Crippen LogP contribution in [0.2, 0.25) is 0 Å². The summed E-state index contributed by atoms with van der Waals surface area (Å²) in [5, 5.41) is 12.2. The Morgan fingerprint density at radius 2 is 1.54 bits per heavy atom. The summed E-state index contributed by atoms with van der Waals surface area (Å²) >= 11 is 0. The molecule has 1 aliphatic rings. The first-order valence-electron chi connectivity index (χ1n) is 17.0. The van der Waals surface area contributed by atoms with Crippen LogP contribution in [0.25, 0.3) is 33.3 Å². The van der Waals surface area contributed by atoms with Crippen LogP contribution in [-0.2, 0) is 37.7 Å². The van der Waals surface area contributed by atoms with E-state index in [1.807, 2.05) is 40.1 Å². The van der Waals surface area contributed by atoms with Crippen LogP contribution < -0.4 is 0 Å². The van der Waals surface area contributed by atoms with Crippen LogP contribution >= 0.6 is 0 Å². The average molecular weight is 796 g/mol. The molecule has 0 unspecified atom stereocenters. The maximum Gasteiger partial charge on any atom is 0.162 e. The van der Waals surface area contributed by atoms with Crippen molar-refractivity contribution in [1.29, 1.82) is 0 Å². The molecule has 0 aliphatic heterocycles. The van der Waals surface area contributed by atoms with E-state index in [4.69, 9.17) is 9.97 Å². The average Bonchev–Trinajstić information content (AvgIpc) is 3.04. The van der Waals surface area contributed by atoms with Gasteiger partial charge in [-0.1, -0.05) is 90.6 Å². The monoisotopic (exact) mass is 796 g/mol. The van der Waals surface area contributed by atoms with Gasteiger partial charge in [-0.2, -0.15) is 0 Å². The van der Waals surface area contributed by atoms with Crippen molar-refractivity contribution in [3.05, 3.63) is 95.0 Å². The van der Waals surface area contributed by atoms with E-state index in [9.17, 15) is 9.90 Å². The number of carbonyl (C=O) groups excluding carboxylic acids is 1. The standard InChI is InChI=1S/C28H27N2.C13H24O2.Ir/c1-17(2)22-14-20-9-10-24-25(27(20)30-16-22)11-12-29-28(24)21-13-19-7-5-6-8-23(19)26(15-21)18(3)4;1-5-10(6-2)12(14)9-13(15)11(7-3)8-4;/h5-8,11-12,14-18H,9-10H2,1-4H3;9-11,14H,5-8H2,1-4H3;/q-1;;/b;12-9-;. The van der Waals surface area contributed by atoms with Gasteiger partial charge in [-0.25, -0.2) is 0 Å². The van der Waals surface area contributed by atoms with Gasteiger partial charge in [-0.05, 0) is 78.7 Å². The molecular formula is C41H51IrN2O2-. The van der Waals surface area contributed by atoms with E-state index in [0.717, 1.165) is 60.9 Å². The predicted molar refractivity (Wildman–Crippen MR) is 189 cm³/mol. The van der Waals surface area contributed by atoms with Crippen LogP contribution in [-0.4, -0.2) is 20.9 Å². The van der Waals surface area contributed by atoms with Gasteiger partial charge in [0.05, 0.1) is 11.5 Å². The summed E-state index contributed by atoms with van der Waals surface area (Å²) in [6.07, 6.45) is 10.9. The van der Waals surface area contributed by atoms with Crippen molar-refractivity contribution < 1.29 is 30.0 Å². The molecule has 2 heterocycles. The second-order valence-electron chi connectivity index (χ2n) is 13.0. The third-order valence-corrected chi connectivity index (χ3v) is 9.38. The van der Waals surface area contributed by atoms with E-state index >= 15 is 0 Å². The van der Waals surface area contributed by atoms with Crippen molar-refractivity contribution in [1.82, 2.24) is 9.97 Å². The molecule has 0 saturated carbocycles. The van der Waals surface area contributed by atoms with Crippen molar-refractivity contribution in [2.24, 2.45) is 11.8 Å². The Labute approximate surface area is 290 Å². The maximum absolute atomic E-state index is 11.7. The second kappa shape index (κ2) is 17.1. The molecule has 0 spiro atoms. The van der Waals surface area contributed by atoms with Crippen LogP contribution in [0.5, 0.6) is 0 Å². The fraction of sp³-hybridized carbons (Fsp3) is 0.439. The minimum Gasteiger partial charge on any atom is -0.512 e. The molecule has 1 N–H and O–H groups in total. The zero-order valence-electron chi connectivity index (χ0n) is 28.9. The van der Waals surface area contributed by atoms with Gasteiger partial charge in [0, 0.05) is 56.1 Å². The number of carbonyl (C=O) groups is 1. The largest absolute Gasteiger partial charge is 0.512 e. The Bertz CT molecular complexity index is 1650. The van der Waals surface area contributed by atoms with Crippen molar-refractivity contribution in [2.75, 3.05) is 0 Å². The Kier molecular flexibility index (Phi) is 13.9. The number of hydrogen-bond donors (Lipinski definition) is 1. The number of aliphatic hydroxyl groups excluding tert-OH is 1. The van der Waals surface area contributed by atoms with Gasteiger partial charge in [-0.15, -0.1) is 29.1 Å². The van der Waals surface area contributed by atoms with Crippen LogP contribution in [0, 0.1) is 17.9 Å². The van der Waals surface area contributed by atoms with Crippen LogP contribution in [0.1, 0.15) is 115 Å². The Hall–Kier alpha value is -3.14. The summed E-state index contributed by atoms with van der Waals surface area (Å²) in [6, 6.07) is 19.0. The number of ketones is 1. The third kappa shape index (κ3) is 8.41. The fourth-order valence-electron chi connectivity index (χ4n) is 6.38. The Balaban J connectivity index is 0.000000309. The molecule has 1 aliphatic carbocycles. The van der Waals surface area contributed by atoms with Gasteiger partial charge in [-0.3, -0.25) is 14.8 Å². The van der Waals surface area contributed by atoms with Gasteiger partial charge >= 0.3 is 0 Å². The molecule has 0 amide bonds. The van der Waals surface area contributed by atoms with Crippen molar-refractivity contribution >= 4 is 16.6 Å². The van der Waals surface area contributed by atoms with E-state index in [-0.39, 0.29) is 43.5 Å². The molecular weight excluding hydrogens is 745 g/mol. The van der Waals surface area contributed by atoms with Crippen molar-refractivity contribution in [2.45, 2.75) is 106 Å². The summed E-state index contributed by atoms with van der Waals surface area (Å²) in [5.41, 5.74) is 9.83. The Morgan fingerprint density at radius 3 is 2.17 bits per heavy atom. The van der Waals surface area contributed by atoms with E-state index in [2.05, 4.69) is 76.2 Å². The molecule has 0 fully saturated rings.